The Hall–Kier alpha value is -1.93. The van der Waals surface area contributed by atoms with E-state index in [9.17, 15) is 8.42 Å². The summed E-state index contributed by atoms with van der Waals surface area (Å²) in [4.78, 5) is 4.45. The summed E-state index contributed by atoms with van der Waals surface area (Å²) in [6, 6.07) is 16.9. The lowest BCUT2D eigenvalue weighted by Crippen LogP contribution is -2.22. The topological polar surface area (TPSA) is 71.7 Å². The Kier molecular flexibility index (Phi) is 5.93. The SMILES string of the molecule is O=S(=O)(NCc1ccc(C=Nc2ccc(Br)cc2)o1)c1ccc(Cl)cc1. The molecule has 0 unspecified atom stereocenters. The van der Waals surface area contributed by atoms with Gasteiger partial charge in [0, 0.05) is 9.50 Å². The van der Waals surface area contributed by atoms with Crippen molar-refractivity contribution < 1.29 is 12.8 Å². The molecule has 0 aliphatic heterocycles. The minimum absolute atomic E-state index is 0.0388. The summed E-state index contributed by atoms with van der Waals surface area (Å²) >= 11 is 9.14. The van der Waals surface area contributed by atoms with Gasteiger partial charge in [0.25, 0.3) is 0 Å². The van der Waals surface area contributed by atoms with Gasteiger partial charge in [-0.05, 0) is 60.7 Å². The monoisotopic (exact) mass is 452 g/mol. The molecular weight excluding hydrogens is 440 g/mol. The lowest BCUT2D eigenvalue weighted by molar-refractivity contribution is 0.494. The van der Waals surface area contributed by atoms with Crippen LogP contribution in [-0.4, -0.2) is 14.6 Å². The van der Waals surface area contributed by atoms with E-state index < -0.39 is 10.0 Å². The Labute approximate surface area is 164 Å². The standard InChI is InChI=1S/C18H14BrClN2O3S/c19-13-1-5-15(6-2-13)21-11-16-7-8-17(25-16)12-22-26(23,24)18-9-3-14(20)4-10-18/h1-11,22H,12H2. The van der Waals surface area contributed by atoms with Crippen molar-refractivity contribution in [2.75, 3.05) is 0 Å². The molecule has 0 amide bonds. The number of nitrogens with one attached hydrogen (secondary N) is 1. The summed E-state index contributed by atoms with van der Waals surface area (Å²) in [5.41, 5.74) is 0.787. The maximum absolute atomic E-state index is 12.2. The average molecular weight is 454 g/mol. The van der Waals surface area contributed by atoms with Crippen LogP contribution in [0.1, 0.15) is 11.5 Å². The largest absolute Gasteiger partial charge is 0.459 e. The van der Waals surface area contributed by atoms with Gasteiger partial charge in [-0.15, -0.1) is 0 Å². The zero-order chi connectivity index (χ0) is 18.6. The maximum atomic E-state index is 12.2. The van der Waals surface area contributed by atoms with Gasteiger partial charge in [0.2, 0.25) is 10.0 Å². The molecule has 2 aromatic carbocycles. The van der Waals surface area contributed by atoms with E-state index in [0.717, 1.165) is 10.2 Å². The molecule has 3 rings (SSSR count). The van der Waals surface area contributed by atoms with Crippen LogP contribution in [0.5, 0.6) is 0 Å². The minimum Gasteiger partial charge on any atom is -0.459 e. The molecule has 0 bridgehead atoms. The molecule has 134 valence electrons. The van der Waals surface area contributed by atoms with E-state index in [1.807, 2.05) is 24.3 Å². The second-order valence-corrected chi connectivity index (χ2v) is 8.44. The number of sulfonamides is 1. The van der Waals surface area contributed by atoms with Crippen LogP contribution in [0.25, 0.3) is 0 Å². The number of furan rings is 1. The molecule has 3 aromatic rings. The van der Waals surface area contributed by atoms with Crippen LogP contribution in [-0.2, 0) is 16.6 Å². The third kappa shape index (κ3) is 5.04. The molecule has 26 heavy (non-hydrogen) atoms. The first-order valence-electron chi connectivity index (χ1n) is 7.56. The number of rotatable bonds is 6. The Morgan fingerprint density at radius 1 is 1.04 bits per heavy atom. The van der Waals surface area contributed by atoms with Crippen molar-refractivity contribution in [3.05, 3.63) is 81.7 Å². The second-order valence-electron chi connectivity index (χ2n) is 5.32. The van der Waals surface area contributed by atoms with Gasteiger partial charge in [0.05, 0.1) is 23.3 Å². The molecule has 0 aliphatic rings. The summed E-state index contributed by atoms with van der Waals surface area (Å²) in [6.45, 7) is 0.0388. The Bertz CT molecular complexity index is 1010. The molecule has 0 fully saturated rings. The molecular formula is C18H14BrClN2O3S. The highest BCUT2D eigenvalue weighted by Crippen LogP contribution is 2.17. The fraction of sp³-hybridized carbons (Fsp3) is 0.0556. The molecule has 0 saturated carbocycles. The summed E-state index contributed by atoms with van der Waals surface area (Å²) < 4.78 is 33.5. The molecule has 0 atom stereocenters. The Morgan fingerprint density at radius 2 is 1.73 bits per heavy atom. The molecule has 1 heterocycles. The molecule has 1 N–H and O–H groups in total. The zero-order valence-corrected chi connectivity index (χ0v) is 16.6. The van der Waals surface area contributed by atoms with Crippen molar-refractivity contribution in [3.8, 4) is 0 Å². The van der Waals surface area contributed by atoms with Crippen LogP contribution < -0.4 is 4.72 Å². The van der Waals surface area contributed by atoms with Crippen molar-refractivity contribution in [1.29, 1.82) is 0 Å². The van der Waals surface area contributed by atoms with Gasteiger partial charge in [0.15, 0.2) is 0 Å². The molecule has 0 aliphatic carbocycles. The van der Waals surface area contributed by atoms with Gasteiger partial charge < -0.3 is 4.42 Å². The quantitative estimate of drug-likeness (QED) is 0.538. The van der Waals surface area contributed by atoms with E-state index in [-0.39, 0.29) is 11.4 Å². The summed E-state index contributed by atoms with van der Waals surface area (Å²) in [5.74, 6) is 1.02. The van der Waals surface area contributed by atoms with Crippen LogP contribution in [0.3, 0.4) is 0 Å². The minimum atomic E-state index is -3.63. The maximum Gasteiger partial charge on any atom is 0.240 e. The number of aliphatic imine (C=N–C) groups is 1. The molecule has 5 nitrogen and oxygen atoms in total. The van der Waals surface area contributed by atoms with E-state index in [0.29, 0.717) is 16.5 Å². The van der Waals surface area contributed by atoms with E-state index in [4.69, 9.17) is 16.0 Å². The first kappa shape index (κ1) is 18.8. The molecule has 1 aromatic heterocycles. The van der Waals surface area contributed by atoms with Gasteiger partial charge in [-0.1, -0.05) is 27.5 Å². The van der Waals surface area contributed by atoms with E-state index in [1.54, 1.807) is 18.3 Å². The van der Waals surface area contributed by atoms with E-state index in [2.05, 4.69) is 25.6 Å². The Morgan fingerprint density at radius 3 is 2.42 bits per heavy atom. The van der Waals surface area contributed by atoms with Gasteiger partial charge in [-0.2, -0.15) is 0 Å². The fourth-order valence-electron chi connectivity index (χ4n) is 2.09. The summed E-state index contributed by atoms with van der Waals surface area (Å²) in [5, 5.41) is 0.477. The molecule has 8 heteroatoms. The summed E-state index contributed by atoms with van der Waals surface area (Å²) in [6.07, 6.45) is 1.58. The predicted octanol–water partition coefficient (Wildman–Crippen LogP) is 4.92. The number of hydrogen-bond donors (Lipinski definition) is 1. The summed E-state index contributed by atoms with van der Waals surface area (Å²) in [7, 11) is -3.63. The average Bonchev–Trinajstić information content (AvgIpc) is 3.08. The highest BCUT2D eigenvalue weighted by molar-refractivity contribution is 9.10. The van der Waals surface area contributed by atoms with Crippen LogP contribution in [0, 0.1) is 0 Å². The van der Waals surface area contributed by atoms with E-state index in [1.165, 1.54) is 24.3 Å². The van der Waals surface area contributed by atoms with E-state index >= 15 is 0 Å². The second kappa shape index (κ2) is 8.18. The van der Waals surface area contributed by atoms with Crippen molar-refractivity contribution in [3.63, 3.8) is 0 Å². The van der Waals surface area contributed by atoms with Crippen molar-refractivity contribution in [2.24, 2.45) is 4.99 Å². The highest BCUT2D eigenvalue weighted by atomic mass is 79.9. The molecule has 0 saturated heterocycles. The van der Waals surface area contributed by atoms with Gasteiger partial charge in [0.1, 0.15) is 11.5 Å². The van der Waals surface area contributed by atoms with Gasteiger partial charge >= 0.3 is 0 Å². The predicted molar refractivity (Wildman–Crippen MR) is 106 cm³/mol. The van der Waals surface area contributed by atoms with Crippen molar-refractivity contribution in [2.45, 2.75) is 11.4 Å². The first-order chi connectivity index (χ1) is 12.4. The molecule has 0 radical (unpaired) electrons. The zero-order valence-electron chi connectivity index (χ0n) is 13.4. The van der Waals surface area contributed by atoms with Gasteiger partial charge in [-0.25, -0.2) is 13.1 Å². The van der Waals surface area contributed by atoms with Crippen LogP contribution in [0.2, 0.25) is 5.02 Å². The first-order valence-corrected chi connectivity index (χ1v) is 10.2. The third-order valence-corrected chi connectivity index (χ3v) is 5.61. The van der Waals surface area contributed by atoms with Gasteiger partial charge in [-0.3, -0.25) is 4.99 Å². The fourth-order valence-corrected chi connectivity index (χ4v) is 3.47. The third-order valence-electron chi connectivity index (χ3n) is 3.41. The normalized spacial score (nSPS) is 11.9. The lowest BCUT2D eigenvalue weighted by atomic mass is 10.3. The smallest absolute Gasteiger partial charge is 0.240 e. The van der Waals surface area contributed by atoms with Crippen molar-refractivity contribution >= 4 is 49.5 Å². The highest BCUT2D eigenvalue weighted by Gasteiger charge is 2.14. The van der Waals surface area contributed by atoms with Crippen molar-refractivity contribution in [1.82, 2.24) is 4.72 Å². The number of hydrogen-bond acceptors (Lipinski definition) is 4. The van der Waals surface area contributed by atoms with Crippen LogP contribution in [0.15, 0.2) is 79.4 Å². The molecule has 0 spiro atoms. The number of nitrogens with zero attached hydrogens (tertiary/aromatic N) is 1. The Balaban J connectivity index is 1.63. The number of halogens is 2. The number of benzene rings is 2. The van der Waals surface area contributed by atoms with Crippen LogP contribution in [0.4, 0.5) is 5.69 Å². The lowest BCUT2D eigenvalue weighted by Gasteiger charge is -2.05. The van der Waals surface area contributed by atoms with Crippen LogP contribution >= 0.6 is 27.5 Å².